The van der Waals surface area contributed by atoms with Gasteiger partial charge in [-0.15, -0.1) is 0 Å². The molecule has 0 amide bonds. The van der Waals surface area contributed by atoms with Gasteiger partial charge in [0.1, 0.15) is 30.0 Å². The number of hydrogen-bond donors (Lipinski definition) is 1. The number of aliphatic hydroxyl groups is 1. The van der Waals surface area contributed by atoms with E-state index in [9.17, 15) is 5.11 Å². The van der Waals surface area contributed by atoms with Gasteiger partial charge >= 0.3 is 0 Å². The van der Waals surface area contributed by atoms with E-state index in [1.54, 1.807) is 7.11 Å². The first kappa shape index (κ1) is 33.4. The summed E-state index contributed by atoms with van der Waals surface area (Å²) >= 11 is 0. The molecule has 4 fully saturated rings. The van der Waals surface area contributed by atoms with Crippen molar-refractivity contribution in [3.05, 3.63) is 71.8 Å². The Balaban J connectivity index is 0.000000175. The minimum Gasteiger partial charge on any atom is -0.393 e. The third-order valence-corrected chi connectivity index (χ3v) is 8.64. The lowest BCUT2D eigenvalue weighted by atomic mass is 9.93. The Labute approximate surface area is 260 Å². The van der Waals surface area contributed by atoms with E-state index < -0.39 is 35.5 Å². The lowest BCUT2D eigenvalue weighted by Crippen LogP contribution is -2.49. The van der Waals surface area contributed by atoms with Gasteiger partial charge in [0.25, 0.3) is 0 Å². The molecule has 4 aliphatic heterocycles. The molecule has 2 unspecified atom stereocenters. The fourth-order valence-corrected chi connectivity index (χ4v) is 6.32. The van der Waals surface area contributed by atoms with Gasteiger partial charge < -0.3 is 47.7 Å². The maximum absolute atomic E-state index is 9.85. The first-order valence-electron chi connectivity index (χ1n) is 15.5. The molecule has 0 spiro atoms. The second kappa shape index (κ2) is 13.4. The Hall–Kier alpha value is -1.96. The lowest BCUT2D eigenvalue weighted by molar-refractivity contribution is -0.315. The second-order valence-electron chi connectivity index (χ2n) is 12.6. The van der Waals surface area contributed by atoms with Crippen LogP contribution in [0.25, 0.3) is 0 Å². The first-order chi connectivity index (χ1) is 21.0. The monoisotopic (exact) mass is 616 g/mol. The summed E-state index contributed by atoms with van der Waals surface area (Å²) in [5, 5.41) is 9.85. The summed E-state index contributed by atoms with van der Waals surface area (Å²) in [6, 6.07) is 20.0. The summed E-state index contributed by atoms with van der Waals surface area (Å²) in [6.07, 6.45) is -1.00. The molecule has 10 nitrogen and oxygen atoms in total. The van der Waals surface area contributed by atoms with Gasteiger partial charge in [-0.3, -0.25) is 0 Å². The van der Waals surface area contributed by atoms with Crippen molar-refractivity contribution in [1.82, 2.24) is 0 Å². The molecule has 244 valence electrons. The number of fused-ring (bicyclic) bond motifs is 2. The van der Waals surface area contributed by atoms with Gasteiger partial charge in [0.15, 0.2) is 29.9 Å². The van der Waals surface area contributed by atoms with Gasteiger partial charge in [0.2, 0.25) is 0 Å². The van der Waals surface area contributed by atoms with Crippen LogP contribution in [-0.4, -0.2) is 78.8 Å². The smallest absolute Gasteiger partial charge is 0.199 e. The average Bonchev–Trinajstić information content (AvgIpc) is 3.67. The van der Waals surface area contributed by atoms with Crippen LogP contribution in [0.2, 0.25) is 0 Å². The van der Waals surface area contributed by atoms with Crippen molar-refractivity contribution in [3.8, 4) is 0 Å². The van der Waals surface area contributed by atoms with E-state index in [2.05, 4.69) is 0 Å². The molecule has 4 heterocycles. The zero-order chi connectivity index (χ0) is 31.6. The highest BCUT2D eigenvalue weighted by Gasteiger charge is 2.63. The molecule has 6 rings (SSSR count). The molecule has 0 saturated carbocycles. The Bertz CT molecular complexity index is 1090. The highest BCUT2D eigenvalue weighted by Crippen LogP contribution is 2.46. The minimum atomic E-state index is -0.833. The van der Waals surface area contributed by atoms with Crippen LogP contribution >= 0.6 is 0 Å². The molecule has 44 heavy (non-hydrogen) atoms. The van der Waals surface area contributed by atoms with Crippen molar-refractivity contribution >= 4 is 0 Å². The Kier molecular flexibility index (Phi) is 10.2. The van der Waals surface area contributed by atoms with Gasteiger partial charge in [-0.05, 0) is 45.2 Å². The highest BCUT2D eigenvalue weighted by atomic mass is 16.9. The molecule has 0 aromatic heterocycles. The van der Waals surface area contributed by atoms with E-state index in [0.717, 1.165) is 11.1 Å². The number of rotatable bonds is 10. The Morgan fingerprint density at radius 3 is 1.57 bits per heavy atom. The molecule has 0 bridgehead atoms. The van der Waals surface area contributed by atoms with Crippen molar-refractivity contribution < 1.29 is 47.7 Å². The second-order valence-corrected chi connectivity index (χ2v) is 12.6. The van der Waals surface area contributed by atoms with Crippen molar-refractivity contribution in [2.45, 2.75) is 128 Å². The summed E-state index contributed by atoms with van der Waals surface area (Å²) in [5.41, 5.74) is 1.40. The van der Waals surface area contributed by atoms with Gasteiger partial charge in [-0.1, -0.05) is 74.5 Å². The Morgan fingerprint density at radius 1 is 0.636 bits per heavy atom. The number of methoxy groups -OCH3 is 1. The van der Waals surface area contributed by atoms with Crippen LogP contribution in [-0.2, 0) is 55.8 Å². The SMILES string of the molecule is CC[C@@]1(CO)O[C@@H]2OC(C)(C)O[C@H]2C1OCc1ccccc1.CC[C@@]1(OC)O[C@@H]2OC(C)(C)O[C@H]2C1OCc1ccccc1. The molecular formula is C34H48O10. The summed E-state index contributed by atoms with van der Waals surface area (Å²) in [6.45, 7) is 12.3. The molecule has 4 aliphatic rings. The fraction of sp³-hybridized carbons (Fsp3) is 0.647. The molecule has 8 atom stereocenters. The van der Waals surface area contributed by atoms with Crippen molar-refractivity contribution in [2.24, 2.45) is 0 Å². The number of aliphatic hydroxyl groups excluding tert-OH is 1. The number of ether oxygens (including phenoxy) is 9. The third-order valence-electron chi connectivity index (χ3n) is 8.64. The zero-order valence-electron chi connectivity index (χ0n) is 26.9. The van der Waals surface area contributed by atoms with Crippen LogP contribution in [0.4, 0.5) is 0 Å². The van der Waals surface area contributed by atoms with E-state index in [1.807, 2.05) is 102 Å². The average molecular weight is 617 g/mol. The van der Waals surface area contributed by atoms with Gasteiger partial charge in [0, 0.05) is 13.5 Å². The Morgan fingerprint density at radius 2 is 1.11 bits per heavy atom. The van der Waals surface area contributed by atoms with E-state index in [1.165, 1.54) is 0 Å². The third kappa shape index (κ3) is 6.90. The van der Waals surface area contributed by atoms with Gasteiger partial charge in [-0.2, -0.15) is 0 Å². The summed E-state index contributed by atoms with van der Waals surface area (Å²) < 4.78 is 53.4. The minimum absolute atomic E-state index is 0.122. The van der Waals surface area contributed by atoms with E-state index in [-0.39, 0.29) is 31.0 Å². The maximum atomic E-state index is 9.85. The first-order valence-corrected chi connectivity index (χ1v) is 15.5. The molecule has 2 aromatic rings. The zero-order valence-corrected chi connectivity index (χ0v) is 26.9. The van der Waals surface area contributed by atoms with Crippen molar-refractivity contribution in [3.63, 3.8) is 0 Å². The van der Waals surface area contributed by atoms with Crippen LogP contribution in [0.15, 0.2) is 60.7 Å². The largest absolute Gasteiger partial charge is 0.393 e. The molecule has 1 N–H and O–H groups in total. The van der Waals surface area contributed by atoms with Crippen LogP contribution in [0, 0.1) is 0 Å². The summed E-state index contributed by atoms with van der Waals surface area (Å²) in [5.74, 6) is -2.20. The molecule has 4 saturated heterocycles. The van der Waals surface area contributed by atoms with Crippen LogP contribution < -0.4 is 0 Å². The van der Waals surface area contributed by atoms with E-state index in [0.29, 0.717) is 26.1 Å². The fourth-order valence-electron chi connectivity index (χ4n) is 6.32. The molecular weight excluding hydrogens is 568 g/mol. The van der Waals surface area contributed by atoms with Gasteiger partial charge in [-0.25, -0.2) is 0 Å². The number of hydrogen-bond acceptors (Lipinski definition) is 10. The summed E-state index contributed by atoms with van der Waals surface area (Å²) in [7, 11) is 1.63. The normalized spacial score (nSPS) is 36.5. The highest BCUT2D eigenvalue weighted by molar-refractivity contribution is 5.15. The van der Waals surface area contributed by atoms with E-state index in [4.69, 9.17) is 42.6 Å². The summed E-state index contributed by atoms with van der Waals surface area (Å²) in [4.78, 5) is 0. The van der Waals surface area contributed by atoms with Crippen LogP contribution in [0.3, 0.4) is 0 Å². The lowest BCUT2D eigenvalue weighted by Gasteiger charge is -2.34. The molecule has 10 heteroatoms. The molecule has 0 aliphatic carbocycles. The van der Waals surface area contributed by atoms with Crippen LogP contribution in [0.5, 0.6) is 0 Å². The topological polar surface area (TPSA) is 103 Å². The predicted octanol–water partition coefficient (Wildman–Crippen LogP) is 5.05. The maximum Gasteiger partial charge on any atom is 0.199 e. The predicted molar refractivity (Wildman–Crippen MR) is 160 cm³/mol. The van der Waals surface area contributed by atoms with Gasteiger partial charge in [0.05, 0.1) is 19.8 Å². The van der Waals surface area contributed by atoms with Crippen LogP contribution in [0.1, 0.15) is 65.5 Å². The number of benzene rings is 2. The molecule has 2 aromatic carbocycles. The van der Waals surface area contributed by atoms with E-state index >= 15 is 0 Å². The van der Waals surface area contributed by atoms with Crippen molar-refractivity contribution in [1.29, 1.82) is 0 Å². The quantitative estimate of drug-likeness (QED) is 0.390. The van der Waals surface area contributed by atoms with Crippen molar-refractivity contribution in [2.75, 3.05) is 13.7 Å². The standard InChI is InChI=1S/2C17H24O5/c1-5-17(18-4)14(19-11-12-9-7-6-8-10-12)13-15(22-17)21-16(2,3)20-13;1-4-17(11-18)14(19-10-12-8-6-5-7-9-12)13-15(22-17)21-16(2,3)20-13/h6-10,13-15H,5,11H2,1-4H3;5-9,13-15,18H,4,10-11H2,1-3H3/t13-,14?,15-,17+;13-,14?,15-,17-/m00/s1. The molecule has 0 radical (unpaired) electrons.